The van der Waals surface area contributed by atoms with E-state index in [0.29, 0.717) is 18.2 Å². The summed E-state index contributed by atoms with van der Waals surface area (Å²) in [6, 6.07) is 2.73. The van der Waals surface area contributed by atoms with E-state index in [0.717, 1.165) is 21.5 Å². The fourth-order valence-corrected chi connectivity index (χ4v) is 4.11. The van der Waals surface area contributed by atoms with Crippen LogP contribution in [-0.2, 0) is 4.74 Å². The summed E-state index contributed by atoms with van der Waals surface area (Å²) in [7, 11) is 0. The number of aromatic nitrogens is 2. The molecule has 1 saturated heterocycles. The summed E-state index contributed by atoms with van der Waals surface area (Å²) >= 11 is 2.32. The lowest BCUT2D eigenvalue weighted by Crippen LogP contribution is -2.09. The standard InChI is InChI=1S/C12H15IN2O/c1-5(2)15-7(4-9(13)14-15)10-6-3-8-12(16-8)11(6)10/h4-6,8,10-12H,3H2,1-2H3/t6-,8?,10?,11-,12+/m1/s1. The van der Waals surface area contributed by atoms with E-state index in [1.54, 1.807) is 0 Å². The van der Waals surface area contributed by atoms with Crippen molar-refractivity contribution in [1.82, 2.24) is 9.78 Å². The molecule has 0 aromatic carbocycles. The van der Waals surface area contributed by atoms with E-state index in [-0.39, 0.29) is 0 Å². The molecule has 1 aromatic heterocycles. The highest BCUT2D eigenvalue weighted by atomic mass is 127. The quantitative estimate of drug-likeness (QED) is 0.616. The average Bonchev–Trinajstić information content (AvgIpc) is 3.07. The normalized spacial score (nSPS) is 43.4. The molecule has 2 aliphatic carbocycles. The van der Waals surface area contributed by atoms with Gasteiger partial charge in [-0.15, -0.1) is 0 Å². The van der Waals surface area contributed by atoms with E-state index in [1.165, 1.54) is 12.1 Å². The van der Waals surface area contributed by atoms with Crippen LogP contribution in [0.1, 0.15) is 37.9 Å². The van der Waals surface area contributed by atoms with Gasteiger partial charge < -0.3 is 4.74 Å². The van der Waals surface area contributed by atoms with E-state index in [2.05, 4.69) is 52.3 Å². The molecule has 0 amide bonds. The summed E-state index contributed by atoms with van der Waals surface area (Å²) < 4.78 is 8.97. The first-order chi connectivity index (χ1) is 7.66. The van der Waals surface area contributed by atoms with Crippen molar-refractivity contribution in [1.29, 1.82) is 0 Å². The number of fused-ring (bicyclic) bond motifs is 3. The van der Waals surface area contributed by atoms with Gasteiger partial charge in [-0.1, -0.05) is 0 Å². The SMILES string of the molecule is CC(C)n1nc(I)cc1C1[C@H]2[C@@H]1CC1O[C@@H]12. The van der Waals surface area contributed by atoms with Crippen LogP contribution < -0.4 is 0 Å². The molecule has 0 spiro atoms. The number of epoxide rings is 1. The largest absolute Gasteiger partial charge is 0.369 e. The fraction of sp³-hybridized carbons (Fsp3) is 0.750. The predicted octanol–water partition coefficient (Wildman–Crippen LogP) is 2.57. The molecule has 86 valence electrons. The Kier molecular flexibility index (Phi) is 1.86. The first kappa shape index (κ1) is 9.88. The van der Waals surface area contributed by atoms with Crippen molar-refractivity contribution in [2.75, 3.05) is 0 Å². The average molecular weight is 330 g/mol. The molecule has 3 fully saturated rings. The Hall–Kier alpha value is -0.100. The van der Waals surface area contributed by atoms with Gasteiger partial charge in [0.05, 0.1) is 12.2 Å². The third-order valence-corrected chi connectivity index (χ3v) is 4.83. The van der Waals surface area contributed by atoms with Crippen molar-refractivity contribution in [2.45, 2.75) is 44.4 Å². The van der Waals surface area contributed by atoms with Crippen LogP contribution in [0.4, 0.5) is 0 Å². The van der Waals surface area contributed by atoms with Crippen LogP contribution in [0.2, 0.25) is 0 Å². The lowest BCUT2D eigenvalue weighted by Gasteiger charge is -2.11. The molecule has 2 heterocycles. The van der Waals surface area contributed by atoms with Gasteiger partial charge >= 0.3 is 0 Å². The molecule has 1 aliphatic heterocycles. The van der Waals surface area contributed by atoms with Gasteiger partial charge in [-0.2, -0.15) is 5.10 Å². The molecule has 0 N–H and O–H groups in total. The first-order valence-electron chi connectivity index (χ1n) is 6.07. The van der Waals surface area contributed by atoms with E-state index in [9.17, 15) is 0 Å². The van der Waals surface area contributed by atoms with Crippen molar-refractivity contribution in [3.05, 3.63) is 15.5 Å². The molecule has 4 rings (SSSR count). The second kappa shape index (κ2) is 3.02. The highest BCUT2D eigenvalue weighted by Gasteiger charge is 2.70. The van der Waals surface area contributed by atoms with Crippen molar-refractivity contribution < 1.29 is 4.74 Å². The van der Waals surface area contributed by atoms with Gasteiger partial charge in [-0.3, -0.25) is 4.68 Å². The summed E-state index contributed by atoms with van der Waals surface area (Å²) in [5, 5.41) is 4.60. The molecule has 4 heteroatoms. The topological polar surface area (TPSA) is 30.4 Å². The maximum atomic E-state index is 5.63. The minimum Gasteiger partial charge on any atom is -0.369 e. The smallest absolute Gasteiger partial charge is 0.123 e. The van der Waals surface area contributed by atoms with Crippen molar-refractivity contribution >= 4 is 22.6 Å². The van der Waals surface area contributed by atoms with Crippen LogP contribution in [0, 0.1) is 15.5 Å². The van der Waals surface area contributed by atoms with E-state index in [4.69, 9.17) is 4.74 Å². The summed E-state index contributed by atoms with van der Waals surface area (Å²) in [6.45, 7) is 4.42. The Morgan fingerprint density at radius 3 is 3.00 bits per heavy atom. The fourth-order valence-electron chi connectivity index (χ4n) is 3.56. The number of hydrogen-bond donors (Lipinski definition) is 0. The van der Waals surface area contributed by atoms with Crippen LogP contribution in [0.15, 0.2) is 6.07 Å². The zero-order chi connectivity index (χ0) is 11.0. The number of nitrogens with zero attached hydrogens (tertiary/aromatic N) is 2. The molecule has 0 radical (unpaired) electrons. The first-order valence-corrected chi connectivity index (χ1v) is 7.15. The highest BCUT2D eigenvalue weighted by molar-refractivity contribution is 14.1. The van der Waals surface area contributed by atoms with Crippen molar-refractivity contribution in [3.63, 3.8) is 0 Å². The van der Waals surface area contributed by atoms with Crippen molar-refractivity contribution in [3.8, 4) is 0 Å². The number of hydrogen-bond acceptors (Lipinski definition) is 2. The van der Waals surface area contributed by atoms with Crippen LogP contribution in [0.5, 0.6) is 0 Å². The second-order valence-corrected chi connectivity index (χ2v) is 6.68. The summed E-state index contributed by atoms with van der Waals surface area (Å²) in [5.74, 6) is 2.45. The summed E-state index contributed by atoms with van der Waals surface area (Å²) in [6.07, 6.45) is 2.52. The molecule has 2 saturated carbocycles. The third-order valence-electron chi connectivity index (χ3n) is 4.30. The van der Waals surface area contributed by atoms with E-state index < -0.39 is 0 Å². The molecule has 3 nitrogen and oxygen atoms in total. The lowest BCUT2D eigenvalue weighted by atomic mass is 10.1. The Balaban J connectivity index is 1.68. The van der Waals surface area contributed by atoms with Gasteiger partial charge in [0.15, 0.2) is 0 Å². The van der Waals surface area contributed by atoms with Crippen LogP contribution >= 0.6 is 22.6 Å². The molecular formula is C12H15IN2O. The zero-order valence-electron chi connectivity index (χ0n) is 9.43. The zero-order valence-corrected chi connectivity index (χ0v) is 11.6. The predicted molar refractivity (Wildman–Crippen MR) is 68.3 cm³/mol. The van der Waals surface area contributed by atoms with Crippen LogP contribution in [0.3, 0.4) is 0 Å². The number of rotatable bonds is 2. The minimum absolute atomic E-state index is 0.468. The van der Waals surface area contributed by atoms with Gasteiger partial charge in [0.2, 0.25) is 0 Å². The van der Waals surface area contributed by atoms with Gasteiger partial charge in [0.1, 0.15) is 3.70 Å². The van der Waals surface area contributed by atoms with Gasteiger partial charge in [0, 0.05) is 17.7 Å². The Morgan fingerprint density at radius 1 is 1.56 bits per heavy atom. The molecular weight excluding hydrogens is 315 g/mol. The Labute approximate surface area is 109 Å². The van der Waals surface area contributed by atoms with Crippen LogP contribution in [0.25, 0.3) is 0 Å². The minimum atomic E-state index is 0.468. The van der Waals surface area contributed by atoms with E-state index >= 15 is 0 Å². The summed E-state index contributed by atoms with van der Waals surface area (Å²) in [5.41, 5.74) is 1.45. The molecule has 0 bridgehead atoms. The van der Waals surface area contributed by atoms with Crippen LogP contribution in [-0.4, -0.2) is 22.0 Å². The van der Waals surface area contributed by atoms with Gasteiger partial charge in [-0.05, 0) is 60.8 Å². The molecule has 2 unspecified atom stereocenters. The van der Waals surface area contributed by atoms with E-state index in [1.807, 2.05) is 0 Å². The number of halogens is 1. The maximum absolute atomic E-state index is 5.63. The number of ether oxygens (including phenoxy) is 1. The molecule has 16 heavy (non-hydrogen) atoms. The molecule has 5 atom stereocenters. The molecule has 1 aromatic rings. The Bertz CT molecular complexity index is 456. The van der Waals surface area contributed by atoms with Gasteiger partial charge in [-0.25, -0.2) is 0 Å². The van der Waals surface area contributed by atoms with Crippen molar-refractivity contribution in [2.24, 2.45) is 11.8 Å². The lowest BCUT2D eigenvalue weighted by molar-refractivity contribution is 0.313. The third kappa shape index (κ3) is 1.20. The Morgan fingerprint density at radius 2 is 2.38 bits per heavy atom. The highest BCUT2D eigenvalue weighted by Crippen LogP contribution is 2.69. The summed E-state index contributed by atoms with van der Waals surface area (Å²) in [4.78, 5) is 0. The molecule has 3 aliphatic rings. The maximum Gasteiger partial charge on any atom is 0.123 e. The second-order valence-electron chi connectivity index (χ2n) is 5.57. The van der Waals surface area contributed by atoms with Gasteiger partial charge in [0.25, 0.3) is 0 Å². The monoisotopic (exact) mass is 330 g/mol.